The minimum absolute atomic E-state index is 0.242. The van der Waals surface area contributed by atoms with E-state index in [1.54, 1.807) is 0 Å². The number of hydrogen-bond donors (Lipinski definition) is 4. The van der Waals surface area contributed by atoms with Crippen LogP contribution < -0.4 is 5.73 Å². The lowest BCUT2D eigenvalue weighted by atomic mass is 9.47. The number of nitrogens with two attached hydrogens (primary N) is 1. The van der Waals surface area contributed by atoms with Crippen LogP contribution in [0.3, 0.4) is 0 Å². The van der Waals surface area contributed by atoms with Crippen LogP contribution in [-0.4, -0.2) is 75.7 Å². The van der Waals surface area contributed by atoms with Gasteiger partial charge in [-0.2, -0.15) is 0 Å². The van der Waals surface area contributed by atoms with Crippen molar-refractivity contribution >= 4 is 18.2 Å². The molecule has 0 bridgehead atoms. The van der Waals surface area contributed by atoms with Crippen molar-refractivity contribution in [3.63, 3.8) is 0 Å². The fourth-order valence-corrected chi connectivity index (χ4v) is 10.3. The highest BCUT2D eigenvalue weighted by Crippen LogP contribution is 2.70. The van der Waals surface area contributed by atoms with E-state index in [0.717, 1.165) is 0 Å². The quantitative estimate of drug-likeness (QED) is 0.285. The van der Waals surface area contributed by atoms with Gasteiger partial charge in [0.05, 0.1) is 24.7 Å². The van der Waals surface area contributed by atoms with E-state index < -0.39 is 58.3 Å². The number of rotatable bonds is 5. The van der Waals surface area contributed by atoms with Gasteiger partial charge in [0.15, 0.2) is 6.29 Å². The second kappa shape index (κ2) is 9.78. The number of carbonyl (C=O) groups is 3. The number of carbonyl (C=O) groups excluding carboxylic acids is 3. The number of aldehydes is 1. The number of aliphatic hydroxyl groups excluding tert-OH is 2. The summed E-state index contributed by atoms with van der Waals surface area (Å²) in [7, 11) is 1.52. The summed E-state index contributed by atoms with van der Waals surface area (Å²) in [6, 6.07) is -0.707. The van der Waals surface area contributed by atoms with Crippen molar-refractivity contribution in [2.24, 2.45) is 46.7 Å². The van der Waals surface area contributed by atoms with Crippen LogP contribution in [0.25, 0.3) is 0 Å². The Morgan fingerprint density at radius 3 is 2.27 bits per heavy atom. The molecule has 10 heteroatoms. The molecule has 4 saturated carbocycles. The van der Waals surface area contributed by atoms with Gasteiger partial charge in [-0.3, -0.25) is 9.59 Å². The van der Waals surface area contributed by atoms with E-state index in [1.165, 1.54) is 27.9 Å². The molecule has 5 N–H and O–H groups in total. The van der Waals surface area contributed by atoms with Crippen LogP contribution in [0, 0.1) is 40.9 Å². The lowest BCUT2D eigenvalue weighted by molar-refractivity contribution is -0.254. The molecule has 0 aromatic carbocycles. The zero-order valence-corrected chi connectivity index (χ0v) is 24.2. The van der Waals surface area contributed by atoms with Crippen LogP contribution in [0.15, 0.2) is 11.8 Å². The molecule has 0 spiro atoms. The Labute approximate surface area is 235 Å². The van der Waals surface area contributed by atoms with Gasteiger partial charge >= 0.3 is 11.9 Å². The standard InChI is InChI=1S/C30H45NO9/c1-15(33)39-29-11-10-19-24(26(36)25(31)20-7-6-17(35)13-30(19,20)40-16(2)34)22(29)12-21-18(29)8-9-23(38-5)28(21,4)27(3,37)14-32/h9,14,17-22,24-26,35-37H,6-8,10-13,31H2,1-5H3/t17-,18?,19?,20?,21?,22?,24?,25?,26?,27?,28?,29?,30?/m0/s1. The molecule has 12 unspecified atom stereocenters. The van der Waals surface area contributed by atoms with Gasteiger partial charge < -0.3 is 40.1 Å². The van der Waals surface area contributed by atoms with Gasteiger partial charge in [-0.1, -0.05) is 0 Å². The van der Waals surface area contributed by atoms with Gasteiger partial charge in [-0.15, -0.1) is 0 Å². The number of esters is 2. The molecule has 0 heterocycles. The lowest BCUT2D eigenvalue weighted by Gasteiger charge is -2.63. The maximum atomic E-state index is 12.7. The molecular weight excluding hydrogens is 518 g/mol. The third kappa shape index (κ3) is 3.85. The van der Waals surface area contributed by atoms with Crippen LogP contribution in [0.4, 0.5) is 0 Å². The summed E-state index contributed by atoms with van der Waals surface area (Å²) in [6.07, 6.45) is 4.01. The van der Waals surface area contributed by atoms with E-state index >= 15 is 0 Å². The molecule has 0 radical (unpaired) electrons. The molecule has 224 valence electrons. The summed E-state index contributed by atoms with van der Waals surface area (Å²) in [6.45, 7) is 6.04. The van der Waals surface area contributed by atoms with Crippen LogP contribution in [0.2, 0.25) is 0 Å². The Bertz CT molecular complexity index is 1090. The van der Waals surface area contributed by atoms with Crippen molar-refractivity contribution in [3.05, 3.63) is 11.8 Å². The van der Waals surface area contributed by atoms with Crippen LogP contribution in [-0.2, 0) is 28.6 Å². The summed E-state index contributed by atoms with van der Waals surface area (Å²) in [5.74, 6) is -2.47. The summed E-state index contributed by atoms with van der Waals surface area (Å²) in [4.78, 5) is 37.5. The average Bonchev–Trinajstić information content (AvgIpc) is 3.21. The Balaban J connectivity index is 1.66. The average molecular weight is 564 g/mol. The Hall–Kier alpha value is -2.01. The number of fused-ring (bicyclic) bond motifs is 7. The molecular formula is C30H45NO9. The van der Waals surface area contributed by atoms with Crippen molar-refractivity contribution in [1.82, 2.24) is 0 Å². The molecule has 13 atom stereocenters. The summed E-state index contributed by atoms with van der Waals surface area (Å²) in [5.41, 5.74) is 1.84. The van der Waals surface area contributed by atoms with Crippen molar-refractivity contribution in [3.8, 4) is 0 Å². The van der Waals surface area contributed by atoms with E-state index in [4.69, 9.17) is 19.9 Å². The van der Waals surface area contributed by atoms with Gasteiger partial charge in [0.25, 0.3) is 0 Å². The minimum Gasteiger partial charge on any atom is -0.501 e. The number of allylic oxidation sites excluding steroid dienone is 1. The Kier molecular flexibility index (Phi) is 7.21. The molecule has 0 aromatic rings. The van der Waals surface area contributed by atoms with Gasteiger partial charge in [0, 0.05) is 50.0 Å². The summed E-state index contributed by atoms with van der Waals surface area (Å²) in [5, 5.41) is 34.1. The molecule has 0 amide bonds. The third-order valence-electron chi connectivity index (χ3n) is 11.9. The predicted octanol–water partition coefficient (Wildman–Crippen LogP) is 1.62. The monoisotopic (exact) mass is 563 g/mol. The normalized spacial score (nSPS) is 49.1. The molecule has 0 aromatic heterocycles. The predicted molar refractivity (Wildman–Crippen MR) is 142 cm³/mol. The zero-order chi connectivity index (χ0) is 29.4. The number of aliphatic hydroxyl groups is 3. The molecule has 5 aliphatic rings. The molecule has 10 nitrogen and oxygen atoms in total. The first-order valence-electron chi connectivity index (χ1n) is 14.6. The van der Waals surface area contributed by atoms with Crippen molar-refractivity contribution < 1.29 is 43.9 Å². The summed E-state index contributed by atoms with van der Waals surface area (Å²) < 4.78 is 18.2. The van der Waals surface area contributed by atoms with Gasteiger partial charge in [0.1, 0.15) is 22.6 Å². The van der Waals surface area contributed by atoms with E-state index in [9.17, 15) is 29.7 Å². The second-order valence-electron chi connectivity index (χ2n) is 13.5. The summed E-state index contributed by atoms with van der Waals surface area (Å²) >= 11 is 0. The Morgan fingerprint density at radius 1 is 1.02 bits per heavy atom. The van der Waals surface area contributed by atoms with Gasteiger partial charge in [-0.05, 0) is 70.3 Å². The number of hydrogen-bond acceptors (Lipinski definition) is 10. The maximum absolute atomic E-state index is 12.7. The zero-order valence-electron chi connectivity index (χ0n) is 24.2. The lowest BCUT2D eigenvalue weighted by Crippen LogP contribution is -2.72. The fourth-order valence-electron chi connectivity index (χ4n) is 10.3. The fraction of sp³-hybridized carbons (Fsp3) is 0.833. The van der Waals surface area contributed by atoms with E-state index in [2.05, 4.69) is 0 Å². The largest absolute Gasteiger partial charge is 0.501 e. The smallest absolute Gasteiger partial charge is 0.303 e. The topological polar surface area (TPSA) is 166 Å². The molecule has 5 aliphatic carbocycles. The Morgan fingerprint density at radius 2 is 1.68 bits per heavy atom. The minimum atomic E-state index is -1.78. The van der Waals surface area contributed by atoms with Gasteiger partial charge in [0.2, 0.25) is 0 Å². The van der Waals surface area contributed by atoms with Crippen molar-refractivity contribution in [2.75, 3.05) is 7.11 Å². The molecule has 40 heavy (non-hydrogen) atoms. The molecule has 0 saturated heterocycles. The van der Waals surface area contributed by atoms with Crippen molar-refractivity contribution in [1.29, 1.82) is 0 Å². The highest BCUT2D eigenvalue weighted by Gasteiger charge is 2.74. The molecule has 0 aliphatic heterocycles. The SMILES string of the molecule is COC1=CCC2C(CC3C4C(O)C(N)C5CC[C@H](O)CC5(OC(C)=O)C4CCC32OC(C)=O)C1(C)C(C)(O)C=O. The highest BCUT2D eigenvalue weighted by molar-refractivity contribution is 5.68. The van der Waals surface area contributed by atoms with Crippen molar-refractivity contribution in [2.45, 2.75) is 108 Å². The first-order chi connectivity index (χ1) is 18.7. The van der Waals surface area contributed by atoms with E-state index in [-0.39, 0.29) is 36.0 Å². The number of ether oxygens (including phenoxy) is 3. The van der Waals surface area contributed by atoms with E-state index in [0.29, 0.717) is 50.6 Å². The highest BCUT2D eigenvalue weighted by atomic mass is 16.6. The van der Waals surface area contributed by atoms with Crippen LogP contribution in [0.5, 0.6) is 0 Å². The first-order valence-corrected chi connectivity index (χ1v) is 14.6. The van der Waals surface area contributed by atoms with Crippen LogP contribution >= 0.6 is 0 Å². The maximum Gasteiger partial charge on any atom is 0.303 e. The third-order valence-corrected chi connectivity index (χ3v) is 11.9. The molecule has 4 fully saturated rings. The molecule has 5 rings (SSSR count). The van der Waals surface area contributed by atoms with Crippen LogP contribution in [0.1, 0.15) is 72.6 Å². The first kappa shape index (κ1) is 29.5. The second-order valence-corrected chi connectivity index (χ2v) is 13.5. The number of methoxy groups -OCH3 is 1. The van der Waals surface area contributed by atoms with E-state index in [1.807, 2.05) is 13.0 Å². The van der Waals surface area contributed by atoms with Gasteiger partial charge in [-0.25, -0.2) is 0 Å².